The van der Waals surface area contributed by atoms with Gasteiger partial charge in [0.1, 0.15) is 11.0 Å². The van der Waals surface area contributed by atoms with Crippen LogP contribution in [0, 0.1) is 6.92 Å². The summed E-state index contributed by atoms with van der Waals surface area (Å²) in [4.78, 5) is 14.9. The maximum Gasteiger partial charge on any atom is 0.267 e. The summed E-state index contributed by atoms with van der Waals surface area (Å²) in [6.07, 6.45) is 3.35. The number of piperidine rings is 1. The standard InChI is InChI=1S/C13H15N5O2S/c1-9-12(21-17-15-9)13(19)18-7-3-4-10(8-18)20-11-5-2-6-14-16-11/h2,5-6,10H,3-4,7-8H2,1H3/t10-/m0/s1. The molecule has 7 nitrogen and oxygen atoms in total. The summed E-state index contributed by atoms with van der Waals surface area (Å²) in [5.74, 6) is 0.474. The van der Waals surface area contributed by atoms with Gasteiger partial charge in [-0.25, -0.2) is 0 Å². The van der Waals surface area contributed by atoms with Gasteiger partial charge in [0.25, 0.3) is 5.91 Å². The molecular weight excluding hydrogens is 290 g/mol. The van der Waals surface area contributed by atoms with E-state index in [-0.39, 0.29) is 12.0 Å². The number of hydrogen-bond acceptors (Lipinski definition) is 7. The highest BCUT2D eigenvalue weighted by Gasteiger charge is 2.28. The van der Waals surface area contributed by atoms with Crippen molar-refractivity contribution < 1.29 is 9.53 Å². The van der Waals surface area contributed by atoms with Gasteiger partial charge in [-0.05, 0) is 37.4 Å². The predicted octanol–water partition coefficient (Wildman–Crippen LogP) is 1.32. The zero-order valence-electron chi connectivity index (χ0n) is 11.6. The molecule has 1 fully saturated rings. The smallest absolute Gasteiger partial charge is 0.267 e. The van der Waals surface area contributed by atoms with Gasteiger partial charge < -0.3 is 9.64 Å². The molecule has 0 aromatic carbocycles. The quantitative estimate of drug-likeness (QED) is 0.850. The van der Waals surface area contributed by atoms with Crippen LogP contribution in [0.2, 0.25) is 0 Å². The lowest BCUT2D eigenvalue weighted by atomic mass is 10.1. The number of hydrogen-bond donors (Lipinski definition) is 0. The molecule has 1 aliphatic rings. The van der Waals surface area contributed by atoms with Crippen molar-refractivity contribution in [3.63, 3.8) is 0 Å². The van der Waals surface area contributed by atoms with Gasteiger partial charge in [0.15, 0.2) is 0 Å². The van der Waals surface area contributed by atoms with E-state index in [1.807, 2.05) is 0 Å². The van der Waals surface area contributed by atoms with Gasteiger partial charge in [-0.1, -0.05) is 4.49 Å². The second kappa shape index (κ2) is 6.13. The van der Waals surface area contributed by atoms with Gasteiger partial charge in [-0.3, -0.25) is 4.79 Å². The number of amides is 1. The van der Waals surface area contributed by atoms with Crippen LogP contribution in [0.15, 0.2) is 18.3 Å². The number of rotatable bonds is 3. The van der Waals surface area contributed by atoms with E-state index >= 15 is 0 Å². The van der Waals surface area contributed by atoms with Gasteiger partial charge in [-0.15, -0.1) is 10.2 Å². The molecule has 0 saturated carbocycles. The molecule has 1 saturated heterocycles. The summed E-state index contributed by atoms with van der Waals surface area (Å²) in [7, 11) is 0. The first-order valence-corrected chi connectivity index (χ1v) is 7.54. The number of aryl methyl sites for hydroxylation is 1. The number of nitrogens with zero attached hydrogens (tertiary/aromatic N) is 5. The fourth-order valence-corrected chi connectivity index (χ4v) is 2.94. The number of aromatic nitrogens is 4. The summed E-state index contributed by atoms with van der Waals surface area (Å²) in [6, 6.07) is 3.55. The Morgan fingerprint density at radius 2 is 2.38 bits per heavy atom. The van der Waals surface area contributed by atoms with Crippen LogP contribution < -0.4 is 4.74 Å². The number of carbonyl (C=O) groups excluding carboxylic acids is 1. The normalized spacial score (nSPS) is 18.5. The van der Waals surface area contributed by atoms with Crippen LogP contribution in [0.3, 0.4) is 0 Å². The second-order valence-corrected chi connectivity index (χ2v) is 5.64. The molecule has 21 heavy (non-hydrogen) atoms. The highest BCUT2D eigenvalue weighted by molar-refractivity contribution is 7.07. The molecule has 8 heteroatoms. The van der Waals surface area contributed by atoms with Crippen molar-refractivity contribution in [1.82, 2.24) is 24.7 Å². The molecule has 0 unspecified atom stereocenters. The minimum absolute atomic E-state index is 0.0186. The summed E-state index contributed by atoms with van der Waals surface area (Å²) in [5.41, 5.74) is 0.682. The fourth-order valence-electron chi connectivity index (χ4n) is 2.31. The Hall–Kier alpha value is -2.09. The fraction of sp³-hybridized carbons (Fsp3) is 0.462. The van der Waals surface area contributed by atoms with Crippen molar-refractivity contribution in [2.45, 2.75) is 25.9 Å². The van der Waals surface area contributed by atoms with Crippen molar-refractivity contribution in [2.24, 2.45) is 0 Å². The molecule has 0 spiro atoms. The van der Waals surface area contributed by atoms with Crippen LogP contribution in [0.5, 0.6) is 5.88 Å². The van der Waals surface area contributed by atoms with E-state index in [2.05, 4.69) is 19.8 Å². The van der Waals surface area contributed by atoms with E-state index in [9.17, 15) is 4.79 Å². The van der Waals surface area contributed by atoms with E-state index in [0.29, 0.717) is 23.0 Å². The summed E-state index contributed by atoms with van der Waals surface area (Å²) < 4.78 is 9.61. The first-order chi connectivity index (χ1) is 10.2. The van der Waals surface area contributed by atoms with Gasteiger partial charge in [0.05, 0.1) is 12.2 Å². The average Bonchev–Trinajstić information content (AvgIpc) is 2.94. The molecule has 0 N–H and O–H groups in total. The van der Waals surface area contributed by atoms with Gasteiger partial charge in [-0.2, -0.15) is 5.10 Å². The molecule has 1 aliphatic heterocycles. The molecule has 0 bridgehead atoms. The zero-order chi connectivity index (χ0) is 14.7. The highest BCUT2D eigenvalue weighted by Crippen LogP contribution is 2.20. The molecule has 1 atom stereocenters. The maximum absolute atomic E-state index is 12.5. The van der Waals surface area contributed by atoms with E-state index < -0.39 is 0 Å². The SMILES string of the molecule is Cc1nnsc1C(=O)N1CCC[C@H](Oc2cccnn2)C1. The topological polar surface area (TPSA) is 81.1 Å². The van der Waals surface area contributed by atoms with Crippen LogP contribution >= 0.6 is 11.5 Å². The van der Waals surface area contributed by atoms with Crippen LogP contribution in [0.1, 0.15) is 28.2 Å². The molecular formula is C13H15N5O2S. The van der Waals surface area contributed by atoms with Gasteiger partial charge in [0, 0.05) is 18.8 Å². The van der Waals surface area contributed by atoms with Crippen molar-refractivity contribution in [1.29, 1.82) is 0 Å². The second-order valence-electron chi connectivity index (χ2n) is 4.88. The van der Waals surface area contributed by atoms with Crippen LogP contribution in [0.25, 0.3) is 0 Å². The third kappa shape index (κ3) is 3.15. The molecule has 3 rings (SSSR count). The number of carbonyl (C=O) groups is 1. The third-order valence-electron chi connectivity index (χ3n) is 3.35. The summed E-state index contributed by atoms with van der Waals surface area (Å²) >= 11 is 1.14. The Morgan fingerprint density at radius 3 is 3.10 bits per heavy atom. The molecule has 1 amide bonds. The zero-order valence-corrected chi connectivity index (χ0v) is 12.4. The Kier molecular flexibility index (Phi) is 4.05. The first kappa shape index (κ1) is 13.9. The minimum Gasteiger partial charge on any atom is -0.471 e. The summed E-state index contributed by atoms with van der Waals surface area (Å²) in [6.45, 7) is 3.08. The largest absolute Gasteiger partial charge is 0.471 e. The van der Waals surface area contributed by atoms with Crippen molar-refractivity contribution in [2.75, 3.05) is 13.1 Å². The Labute approximate surface area is 126 Å². The monoisotopic (exact) mass is 305 g/mol. The highest BCUT2D eigenvalue weighted by atomic mass is 32.1. The molecule has 110 valence electrons. The summed E-state index contributed by atoms with van der Waals surface area (Å²) in [5, 5.41) is 11.6. The first-order valence-electron chi connectivity index (χ1n) is 6.76. The van der Waals surface area contributed by atoms with Crippen LogP contribution in [0.4, 0.5) is 0 Å². The Balaban J connectivity index is 1.66. The molecule has 3 heterocycles. The Morgan fingerprint density at radius 1 is 1.48 bits per heavy atom. The van der Waals surface area contributed by atoms with Crippen LogP contribution in [-0.4, -0.2) is 49.8 Å². The van der Waals surface area contributed by atoms with E-state index in [4.69, 9.17) is 4.74 Å². The van der Waals surface area contributed by atoms with E-state index in [1.54, 1.807) is 30.2 Å². The lowest BCUT2D eigenvalue weighted by Gasteiger charge is -2.32. The van der Waals surface area contributed by atoms with Gasteiger partial charge in [0.2, 0.25) is 5.88 Å². The van der Waals surface area contributed by atoms with Crippen molar-refractivity contribution in [3.05, 3.63) is 28.9 Å². The molecule has 0 radical (unpaired) electrons. The van der Waals surface area contributed by atoms with E-state index in [0.717, 1.165) is 30.9 Å². The number of likely N-dealkylation sites (tertiary alicyclic amines) is 1. The van der Waals surface area contributed by atoms with Crippen LogP contribution in [-0.2, 0) is 0 Å². The van der Waals surface area contributed by atoms with Crippen molar-refractivity contribution >= 4 is 17.4 Å². The predicted molar refractivity (Wildman–Crippen MR) is 76.2 cm³/mol. The molecule has 0 aliphatic carbocycles. The molecule has 2 aromatic heterocycles. The Bertz CT molecular complexity index is 618. The third-order valence-corrected chi connectivity index (χ3v) is 4.16. The maximum atomic E-state index is 12.5. The average molecular weight is 305 g/mol. The molecule has 2 aromatic rings. The van der Waals surface area contributed by atoms with Crippen molar-refractivity contribution in [3.8, 4) is 5.88 Å². The lowest BCUT2D eigenvalue weighted by molar-refractivity contribution is 0.0529. The van der Waals surface area contributed by atoms with Gasteiger partial charge >= 0.3 is 0 Å². The lowest BCUT2D eigenvalue weighted by Crippen LogP contribution is -2.44. The minimum atomic E-state index is -0.0550. The number of ether oxygens (including phenoxy) is 1. The van der Waals surface area contributed by atoms with E-state index in [1.165, 1.54) is 0 Å².